The Morgan fingerprint density at radius 2 is 1.92 bits per heavy atom. The van der Waals surface area contributed by atoms with Crippen LogP contribution in [0.3, 0.4) is 0 Å². The standard InChI is InChI=1S/C18H27N3O4S/c1-14(18(22)19-15-7-12-26(23,24)13-15)20-8-10-21(11-9-20)16-5-3-4-6-17(16)25-2/h3-6,14-15H,7-13H2,1-2H3,(H,19,22)/t14-,15-/m1/s1. The maximum atomic E-state index is 12.5. The van der Waals surface area contributed by atoms with Gasteiger partial charge in [-0.05, 0) is 25.5 Å². The molecule has 2 atom stereocenters. The number of nitrogens with one attached hydrogen (secondary N) is 1. The van der Waals surface area contributed by atoms with Crippen LogP contribution in [0.1, 0.15) is 13.3 Å². The van der Waals surface area contributed by atoms with E-state index < -0.39 is 9.84 Å². The fourth-order valence-electron chi connectivity index (χ4n) is 3.64. The summed E-state index contributed by atoms with van der Waals surface area (Å²) in [5.41, 5.74) is 1.07. The molecule has 1 amide bonds. The molecule has 8 heteroatoms. The van der Waals surface area contributed by atoms with E-state index in [0.717, 1.165) is 37.6 Å². The predicted molar refractivity (Wildman–Crippen MR) is 101 cm³/mol. The van der Waals surface area contributed by atoms with Crippen LogP contribution in [-0.4, -0.2) is 76.1 Å². The molecule has 144 valence electrons. The summed E-state index contributed by atoms with van der Waals surface area (Å²) in [7, 11) is -1.31. The molecule has 2 aliphatic heterocycles. The number of sulfone groups is 1. The van der Waals surface area contributed by atoms with E-state index in [2.05, 4.69) is 15.1 Å². The third-order valence-corrected chi connectivity index (χ3v) is 7.01. The Labute approximate surface area is 155 Å². The van der Waals surface area contributed by atoms with Crippen LogP contribution in [0.2, 0.25) is 0 Å². The first-order valence-electron chi connectivity index (χ1n) is 9.02. The second-order valence-corrected chi connectivity index (χ2v) is 9.21. The summed E-state index contributed by atoms with van der Waals surface area (Å²) < 4.78 is 28.5. The van der Waals surface area contributed by atoms with Gasteiger partial charge in [0.25, 0.3) is 0 Å². The fraction of sp³-hybridized carbons (Fsp3) is 0.611. The van der Waals surface area contributed by atoms with Gasteiger partial charge in [0, 0.05) is 32.2 Å². The highest BCUT2D eigenvalue weighted by Gasteiger charge is 2.32. The molecule has 3 rings (SSSR count). The van der Waals surface area contributed by atoms with Crippen LogP contribution in [0.4, 0.5) is 5.69 Å². The van der Waals surface area contributed by atoms with E-state index in [1.54, 1.807) is 7.11 Å². The van der Waals surface area contributed by atoms with Crippen molar-refractivity contribution in [3.8, 4) is 5.75 Å². The van der Waals surface area contributed by atoms with E-state index in [9.17, 15) is 13.2 Å². The van der Waals surface area contributed by atoms with Crippen molar-refractivity contribution in [3.05, 3.63) is 24.3 Å². The van der Waals surface area contributed by atoms with E-state index in [4.69, 9.17) is 4.74 Å². The number of hydrogen-bond acceptors (Lipinski definition) is 6. The fourth-order valence-corrected chi connectivity index (χ4v) is 5.31. The number of piperazine rings is 1. The SMILES string of the molecule is COc1ccccc1N1CCN([C@H](C)C(=O)N[C@@H]2CCS(=O)(=O)C2)CC1. The topological polar surface area (TPSA) is 79.0 Å². The number of benzene rings is 1. The largest absolute Gasteiger partial charge is 0.495 e. The van der Waals surface area contributed by atoms with Crippen molar-refractivity contribution in [1.82, 2.24) is 10.2 Å². The van der Waals surface area contributed by atoms with Crippen LogP contribution >= 0.6 is 0 Å². The maximum Gasteiger partial charge on any atom is 0.237 e. The number of anilines is 1. The first kappa shape index (κ1) is 19.0. The molecule has 2 saturated heterocycles. The van der Waals surface area contributed by atoms with Crippen molar-refractivity contribution >= 4 is 21.4 Å². The number of carbonyl (C=O) groups is 1. The van der Waals surface area contributed by atoms with Crippen LogP contribution in [-0.2, 0) is 14.6 Å². The Balaban J connectivity index is 1.53. The number of nitrogens with zero attached hydrogens (tertiary/aromatic N) is 2. The van der Waals surface area contributed by atoms with Crippen molar-refractivity contribution in [1.29, 1.82) is 0 Å². The van der Waals surface area contributed by atoms with E-state index >= 15 is 0 Å². The summed E-state index contributed by atoms with van der Waals surface area (Å²) in [6, 6.07) is 7.44. The van der Waals surface area contributed by atoms with Gasteiger partial charge in [-0.3, -0.25) is 9.69 Å². The van der Waals surface area contributed by atoms with E-state index in [1.807, 2.05) is 31.2 Å². The van der Waals surface area contributed by atoms with E-state index in [1.165, 1.54) is 0 Å². The van der Waals surface area contributed by atoms with Gasteiger partial charge in [-0.2, -0.15) is 0 Å². The first-order chi connectivity index (χ1) is 12.4. The zero-order chi connectivity index (χ0) is 18.7. The monoisotopic (exact) mass is 381 g/mol. The molecule has 2 heterocycles. The molecule has 26 heavy (non-hydrogen) atoms. The lowest BCUT2D eigenvalue weighted by atomic mass is 10.1. The molecular weight excluding hydrogens is 354 g/mol. The number of amides is 1. The predicted octanol–water partition coefficient (Wildman–Crippen LogP) is 0.509. The minimum absolute atomic E-state index is 0.0625. The lowest BCUT2D eigenvalue weighted by Gasteiger charge is -2.39. The normalized spacial score (nSPS) is 24.2. The smallest absolute Gasteiger partial charge is 0.237 e. The summed E-state index contributed by atoms with van der Waals surface area (Å²) in [6.07, 6.45) is 0.516. The minimum Gasteiger partial charge on any atom is -0.495 e. The number of carbonyl (C=O) groups excluding carboxylic acids is 1. The van der Waals surface area contributed by atoms with Crippen LogP contribution in [0.15, 0.2) is 24.3 Å². The minimum atomic E-state index is -2.98. The second kappa shape index (κ2) is 7.84. The molecule has 0 saturated carbocycles. The summed E-state index contributed by atoms with van der Waals surface area (Å²) >= 11 is 0. The zero-order valence-corrected chi connectivity index (χ0v) is 16.2. The Hall–Kier alpha value is -1.80. The molecule has 0 unspecified atom stereocenters. The number of para-hydroxylation sites is 2. The molecule has 0 bridgehead atoms. The number of hydrogen-bond donors (Lipinski definition) is 1. The zero-order valence-electron chi connectivity index (χ0n) is 15.3. The first-order valence-corrected chi connectivity index (χ1v) is 10.8. The summed E-state index contributed by atoms with van der Waals surface area (Å²) in [6.45, 7) is 5.06. The highest BCUT2D eigenvalue weighted by Crippen LogP contribution is 2.28. The molecule has 7 nitrogen and oxygen atoms in total. The third kappa shape index (κ3) is 4.29. The summed E-state index contributed by atoms with van der Waals surface area (Å²) in [5.74, 6) is 1.00. The van der Waals surface area contributed by atoms with Crippen LogP contribution in [0.25, 0.3) is 0 Å². The lowest BCUT2D eigenvalue weighted by Crippen LogP contribution is -2.55. The van der Waals surface area contributed by atoms with Gasteiger partial charge in [0.2, 0.25) is 5.91 Å². The molecule has 1 aromatic rings. The number of rotatable bonds is 5. The molecule has 0 aromatic heterocycles. The molecule has 0 radical (unpaired) electrons. The molecule has 1 aromatic carbocycles. The molecule has 0 aliphatic carbocycles. The Kier molecular flexibility index (Phi) is 5.72. The molecule has 0 spiro atoms. The molecule has 2 fully saturated rings. The summed E-state index contributed by atoms with van der Waals surface area (Å²) in [4.78, 5) is 16.9. The highest BCUT2D eigenvalue weighted by molar-refractivity contribution is 7.91. The van der Waals surface area contributed by atoms with Gasteiger partial charge in [-0.25, -0.2) is 8.42 Å². The van der Waals surface area contributed by atoms with Crippen LogP contribution in [0.5, 0.6) is 5.75 Å². The van der Waals surface area contributed by atoms with Crippen molar-refractivity contribution in [2.45, 2.75) is 25.4 Å². The summed E-state index contributed by atoms with van der Waals surface area (Å²) in [5, 5.41) is 2.90. The van der Waals surface area contributed by atoms with Gasteiger partial charge >= 0.3 is 0 Å². The second-order valence-electron chi connectivity index (χ2n) is 6.98. The number of ether oxygens (including phenoxy) is 1. The average molecular weight is 381 g/mol. The Bertz CT molecular complexity index is 745. The molecule has 1 N–H and O–H groups in total. The van der Waals surface area contributed by atoms with Gasteiger partial charge in [-0.15, -0.1) is 0 Å². The molecular formula is C18H27N3O4S. The van der Waals surface area contributed by atoms with Crippen LogP contribution in [0, 0.1) is 0 Å². The van der Waals surface area contributed by atoms with Gasteiger partial charge in [0.05, 0.1) is 30.3 Å². The van der Waals surface area contributed by atoms with Gasteiger partial charge in [0.15, 0.2) is 9.84 Å². The number of methoxy groups -OCH3 is 1. The third-order valence-electron chi connectivity index (χ3n) is 5.25. The van der Waals surface area contributed by atoms with Crippen molar-refractivity contribution in [2.75, 3.05) is 49.7 Å². The van der Waals surface area contributed by atoms with Crippen molar-refractivity contribution < 1.29 is 17.9 Å². The van der Waals surface area contributed by atoms with Crippen LogP contribution < -0.4 is 15.0 Å². The van der Waals surface area contributed by atoms with Gasteiger partial charge in [-0.1, -0.05) is 12.1 Å². The van der Waals surface area contributed by atoms with Crippen molar-refractivity contribution in [2.24, 2.45) is 0 Å². The Morgan fingerprint density at radius 3 is 2.54 bits per heavy atom. The highest BCUT2D eigenvalue weighted by atomic mass is 32.2. The van der Waals surface area contributed by atoms with E-state index in [-0.39, 0.29) is 29.5 Å². The quantitative estimate of drug-likeness (QED) is 0.801. The van der Waals surface area contributed by atoms with Crippen molar-refractivity contribution in [3.63, 3.8) is 0 Å². The van der Waals surface area contributed by atoms with E-state index in [0.29, 0.717) is 6.42 Å². The Morgan fingerprint density at radius 1 is 1.23 bits per heavy atom. The lowest BCUT2D eigenvalue weighted by molar-refractivity contribution is -0.126. The van der Waals surface area contributed by atoms with Gasteiger partial charge < -0.3 is 15.0 Å². The molecule has 2 aliphatic rings. The van der Waals surface area contributed by atoms with Gasteiger partial charge in [0.1, 0.15) is 5.75 Å². The maximum absolute atomic E-state index is 12.5. The average Bonchev–Trinajstić information content (AvgIpc) is 2.99.